The van der Waals surface area contributed by atoms with Gasteiger partial charge in [-0.1, -0.05) is 6.08 Å². The molecule has 0 atom stereocenters. The molecule has 0 saturated carbocycles. The van der Waals surface area contributed by atoms with Gasteiger partial charge in [-0.25, -0.2) is 4.99 Å². The van der Waals surface area contributed by atoms with Crippen LogP contribution in [0.15, 0.2) is 17.6 Å². The van der Waals surface area contributed by atoms with Crippen molar-refractivity contribution < 1.29 is 0 Å². The molecule has 1 aromatic rings. The van der Waals surface area contributed by atoms with E-state index in [9.17, 15) is 0 Å². The zero-order valence-electron chi connectivity index (χ0n) is 17.1. The van der Waals surface area contributed by atoms with Gasteiger partial charge < -0.3 is 15.2 Å². The van der Waals surface area contributed by atoms with Crippen molar-refractivity contribution in [2.75, 3.05) is 19.6 Å². The number of nitrogens with one attached hydrogen (secondary N) is 2. The van der Waals surface area contributed by atoms with Crippen molar-refractivity contribution in [1.82, 2.24) is 30.3 Å². The summed E-state index contributed by atoms with van der Waals surface area (Å²) in [6.45, 7) is 17.8. The summed E-state index contributed by atoms with van der Waals surface area (Å²) in [6.07, 6.45) is 2.89. The number of aromatic nitrogens is 3. The van der Waals surface area contributed by atoms with E-state index in [-0.39, 0.29) is 24.0 Å². The Hall–Kier alpha value is -1.16. The van der Waals surface area contributed by atoms with Crippen molar-refractivity contribution >= 4 is 29.9 Å². The van der Waals surface area contributed by atoms with Crippen molar-refractivity contribution in [3.05, 3.63) is 24.3 Å². The van der Waals surface area contributed by atoms with Crippen molar-refractivity contribution in [2.24, 2.45) is 12.0 Å². The van der Waals surface area contributed by atoms with Gasteiger partial charge in [-0.05, 0) is 41.0 Å². The Balaban J connectivity index is 0.00000625. The lowest BCUT2D eigenvalue weighted by Crippen LogP contribution is -2.41. The third kappa shape index (κ3) is 8.48. The molecule has 1 heterocycles. The summed E-state index contributed by atoms with van der Waals surface area (Å²) >= 11 is 0. The highest BCUT2D eigenvalue weighted by Gasteiger charge is 2.12. The fraction of sp³-hybridized carbons (Fsp3) is 0.722. The molecule has 0 spiro atoms. The number of hydrogen-bond donors (Lipinski definition) is 2. The van der Waals surface area contributed by atoms with Gasteiger partial charge in [-0.3, -0.25) is 4.90 Å². The molecule has 0 aliphatic heterocycles. The zero-order valence-corrected chi connectivity index (χ0v) is 19.4. The van der Waals surface area contributed by atoms with Crippen LogP contribution in [-0.2, 0) is 13.6 Å². The predicted octanol–water partition coefficient (Wildman–Crippen LogP) is 2.47. The number of guanidine groups is 1. The van der Waals surface area contributed by atoms with E-state index >= 15 is 0 Å². The number of halogens is 1. The second kappa shape index (κ2) is 13.1. The van der Waals surface area contributed by atoms with E-state index in [1.165, 1.54) is 0 Å². The standard InChI is InChI=1S/C18H35N7.HI/c1-8-10-19-18(21-13-17-23-22-16(6)24(17)7)20-11-9-12-25(14(2)3)15(4)5;/h8,14-15H,1,9-13H2,2-7H3,(H2,19,20,21);1H. The van der Waals surface area contributed by atoms with Crippen LogP contribution in [0.3, 0.4) is 0 Å². The lowest BCUT2D eigenvalue weighted by Gasteiger charge is -2.30. The van der Waals surface area contributed by atoms with Crippen LogP contribution in [0.2, 0.25) is 0 Å². The molecule has 0 aliphatic rings. The smallest absolute Gasteiger partial charge is 0.191 e. The van der Waals surface area contributed by atoms with Crippen LogP contribution >= 0.6 is 24.0 Å². The molecule has 150 valence electrons. The van der Waals surface area contributed by atoms with Gasteiger partial charge in [0.1, 0.15) is 12.4 Å². The Labute approximate surface area is 175 Å². The van der Waals surface area contributed by atoms with Gasteiger partial charge >= 0.3 is 0 Å². The zero-order chi connectivity index (χ0) is 18.8. The molecule has 1 aromatic heterocycles. The highest BCUT2D eigenvalue weighted by molar-refractivity contribution is 14.0. The van der Waals surface area contributed by atoms with Crippen molar-refractivity contribution in [1.29, 1.82) is 0 Å². The highest BCUT2D eigenvalue weighted by Crippen LogP contribution is 2.05. The molecule has 8 heteroatoms. The number of aliphatic imine (C=N–C) groups is 1. The van der Waals surface area contributed by atoms with Crippen molar-refractivity contribution in [2.45, 2.75) is 59.7 Å². The van der Waals surface area contributed by atoms with Crippen LogP contribution in [0.25, 0.3) is 0 Å². The average molecular weight is 477 g/mol. The summed E-state index contributed by atoms with van der Waals surface area (Å²) in [5.41, 5.74) is 0. The molecule has 0 bridgehead atoms. The van der Waals surface area contributed by atoms with Gasteiger partial charge in [0.05, 0.1) is 0 Å². The minimum Gasteiger partial charge on any atom is -0.356 e. The van der Waals surface area contributed by atoms with E-state index in [2.05, 4.69) is 65.0 Å². The predicted molar refractivity (Wildman–Crippen MR) is 120 cm³/mol. The van der Waals surface area contributed by atoms with Crippen LogP contribution in [0.5, 0.6) is 0 Å². The van der Waals surface area contributed by atoms with Gasteiger partial charge in [0.25, 0.3) is 0 Å². The van der Waals surface area contributed by atoms with Gasteiger partial charge in [0.15, 0.2) is 11.8 Å². The molecule has 26 heavy (non-hydrogen) atoms. The van der Waals surface area contributed by atoms with Gasteiger partial charge in [-0.2, -0.15) is 0 Å². The quantitative estimate of drug-likeness (QED) is 0.178. The van der Waals surface area contributed by atoms with Gasteiger partial charge in [0.2, 0.25) is 0 Å². The molecule has 1 rings (SSSR count). The first kappa shape index (κ1) is 24.8. The first-order valence-electron chi connectivity index (χ1n) is 9.10. The molecule has 0 amide bonds. The fourth-order valence-corrected chi connectivity index (χ4v) is 2.66. The Kier molecular flexibility index (Phi) is 12.5. The molecule has 0 aliphatic carbocycles. The lowest BCUT2D eigenvalue weighted by atomic mass is 10.2. The summed E-state index contributed by atoms with van der Waals surface area (Å²) in [4.78, 5) is 7.10. The van der Waals surface area contributed by atoms with Gasteiger partial charge in [0, 0.05) is 38.8 Å². The summed E-state index contributed by atoms with van der Waals surface area (Å²) < 4.78 is 1.96. The van der Waals surface area contributed by atoms with E-state index in [0.717, 1.165) is 37.1 Å². The number of aryl methyl sites for hydroxylation is 1. The summed E-state index contributed by atoms with van der Waals surface area (Å²) in [5, 5.41) is 14.9. The Morgan fingerprint density at radius 1 is 1.23 bits per heavy atom. The number of nitrogens with zero attached hydrogens (tertiary/aromatic N) is 5. The van der Waals surface area contributed by atoms with Crippen LogP contribution in [0.4, 0.5) is 0 Å². The van der Waals surface area contributed by atoms with Gasteiger partial charge in [-0.15, -0.1) is 40.8 Å². The minimum absolute atomic E-state index is 0. The Morgan fingerprint density at radius 3 is 2.38 bits per heavy atom. The molecule has 7 nitrogen and oxygen atoms in total. The minimum atomic E-state index is 0. The maximum Gasteiger partial charge on any atom is 0.191 e. The Bertz CT molecular complexity index is 544. The normalized spacial score (nSPS) is 11.8. The summed E-state index contributed by atoms with van der Waals surface area (Å²) in [6, 6.07) is 1.12. The largest absolute Gasteiger partial charge is 0.356 e. The van der Waals surface area contributed by atoms with E-state index in [4.69, 9.17) is 0 Å². The molecular weight excluding hydrogens is 441 g/mol. The van der Waals surface area contributed by atoms with E-state index < -0.39 is 0 Å². The molecule has 0 radical (unpaired) electrons. The van der Waals surface area contributed by atoms with Crippen LogP contribution in [0.1, 0.15) is 45.8 Å². The van der Waals surface area contributed by atoms with E-state index in [0.29, 0.717) is 25.2 Å². The maximum absolute atomic E-state index is 4.60. The lowest BCUT2D eigenvalue weighted by molar-refractivity contribution is 0.173. The topological polar surface area (TPSA) is 70.4 Å². The molecule has 0 fully saturated rings. The van der Waals surface area contributed by atoms with Crippen molar-refractivity contribution in [3.63, 3.8) is 0 Å². The SMILES string of the molecule is C=CCNC(=NCc1nnc(C)n1C)NCCCN(C(C)C)C(C)C.I. The third-order valence-electron chi connectivity index (χ3n) is 4.19. The maximum atomic E-state index is 4.60. The fourth-order valence-electron chi connectivity index (χ4n) is 2.66. The summed E-state index contributed by atoms with van der Waals surface area (Å²) in [7, 11) is 1.96. The first-order chi connectivity index (χ1) is 11.9. The summed E-state index contributed by atoms with van der Waals surface area (Å²) in [5.74, 6) is 2.52. The Morgan fingerprint density at radius 2 is 1.88 bits per heavy atom. The van der Waals surface area contributed by atoms with Crippen LogP contribution in [-0.4, -0.2) is 57.3 Å². The molecule has 2 N–H and O–H groups in total. The van der Waals surface area contributed by atoms with E-state index in [1.54, 1.807) is 0 Å². The van der Waals surface area contributed by atoms with E-state index in [1.807, 2.05) is 24.6 Å². The molecule has 0 saturated heterocycles. The second-order valence-electron chi connectivity index (χ2n) is 6.76. The monoisotopic (exact) mass is 477 g/mol. The third-order valence-corrected chi connectivity index (χ3v) is 4.19. The second-order valence-corrected chi connectivity index (χ2v) is 6.76. The van der Waals surface area contributed by atoms with Crippen LogP contribution in [0, 0.1) is 6.92 Å². The average Bonchev–Trinajstić information content (AvgIpc) is 2.87. The highest BCUT2D eigenvalue weighted by atomic mass is 127. The van der Waals surface area contributed by atoms with Crippen molar-refractivity contribution in [3.8, 4) is 0 Å². The van der Waals surface area contributed by atoms with Crippen LogP contribution < -0.4 is 10.6 Å². The molecule has 0 unspecified atom stereocenters. The number of hydrogen-bond acceptors (Lipinski definition) is 4. The number of rotatable bonds is 10. The molecule has 0 aromatic carbocycles. The molecular formula is C18H36IN7. The first-order valence-corrected chi connectivity index (χ1v) is 9.10.